The van der Waals surface area contributed by atoms with Crippen molar-refractivity contribution < 1.29 is 0 Å². The van der Waals surface area contributed by atoms with E-state index in [9.17, 15) is 5.26 Å². The summed E-state index contributed by atoms with van der Waals surface area (Å²) in [5, 5.41) is 22.6. The molecular weight excluding hydrogens is 337 g/mol. The second-order valence-electron chi connectivity index (χ2n) is 4.75. The van der Waals surface area contributed by atoms with E-state index in [1.165, 1.54) is 0 Å². The highest BCUT2D eigenvalue weighted by atomic mass is 35.5. The lowest BCUT2D eigenvalue weighted by atomic mass is 10.2. The molecule has 0 radical (unpaired) electrons. The lowest BCUT2D eigenvalue weighted by Gasteiger charge is -2.05. The first-order valence-corrected chi connectivity index (χ1v) is 7.27. The smallest absolute Gasteiger partial charge is 0.228 e. The van der Waals surface area contributed by atoms with Crippen LogP contribution in [0.25, 0.3) is 22.1 Å². The maximum atomic E-state index is 9.21. The van der Waals surface area contributed by atoms with Crippen LogP contribution in [0, 0.1) is 11.3 Å². The Morgan fingerprint density at radius 3 is 2.87 bits per heavy atom. The van der Waals surface area contributed by atoms with E-state index in [-0.39, 0.29) is 0 Å². The van der Waals surface area contributed by atoms with Crippen molar-refractivity contribution in [3.63, 3.8) is 0 Å². The van der Waals surface area contributed by atoms with Crippen LogP contribution in [0.5, 0.6) is 0 Å². The van der Waals surface area contributed by atoms with E-state index < -0.39 is 0 Å². The van der Waals surface area contributed by atoms with Crippen LogP contribution in [0.1, 0.15) is 5.56 Å². The molecule has 23 heavy (non-hydrogen) atoms. The van der Waals surface area contributed by atoms with Gasteiger partial charge in [-0.3, -0.25) is 5.10 Å². The number of nitriles is 1. The summed E-state index contributed by atoms with van der Waals surface area (Å²) >= 11 is 12.1. The molecule has 0 fully saturated rings. The molecule has 9 heteroatoms. The number of hydrogen-bond donors (Lipinski definition) is 3. The predicted molar refractivity (Wildman–Crippen MR) is 88.0 cm³/mol. The molecule has 2 aromatic heterocycles. The first kappa shape index (κ1) is 13.8. The predicted octanol–water partition coefficient (Wildman–Crippen LogP) is 3.76. The quantitative estimate of drug-likeness (QED) is 0.513. The molecule has 0 amide bonds. The molecule has 0 aliphatic heterocycles. The highest BCUT2D eigenvalue weighted by Crippen LogP contribution is 2.32. The molecule has 0 spiro atoms. The molecule has 112 valence electrons. The number of nitrogens with one attached hydrogen (secondary N) is 3. The summed E-state index contributed by atoms with van der Waals surface area (Å²) in [7, 11) is 0. The number of fused-ring (bicyclic) bond motifs is 3. The van der Waals surface area contributed by atoms with Gasteiger partial charge in [0.25, 0.3) is 0 Å². The van der Waals surface area contributed by atoms with Gasteiger partial charge in [0.15, 0.2) is 0 Å². The second-order valence-corrected chi connectivity index (χ2v) is 5.53. The molecule has 0 saturated heterocycles. The topological polar surface area (TPSA) is 106 Å². The molecule has 0 saturated carbocycles. The summed E-state index contributed by atoms with van der Waals surface area (Å²) in [4.78, 5) is 8.81. The highest BCUT2D eigenvalue weighted by Gasteiger charge is 2.15. The van der Waals surface area contributed by atoms with Crippen molar-refractivity contribution in [3.8, 4) is 6.07 Å². The van der Waals surface area contributed by atoms with E-state index in [0.29, 0.717) is 49.3 Å². The van der Waals surface area contributed by atoms with Gasteiger partial charge in [-0.2, -0.15) is 10.4 Å². The minimum absolute atomic E-state index is 0.357. The number of benzene rings is 2. The van der Waals surface area contributed by atoms with Crippen LogP contribution < -0.4 is 5.32 Å². The Kier molecular flexibility index (Phi) is 3.08. The van der Waals surface area contributed by atoms with Crippen molar-refractivity contribution in [1.82, 2.24) is 25.4 Å². The fourth-order valence-electron chi connectivity index (χ4n) is 2.33. The van der Waals surface area contributed by atoms with E-state index in [2.05, 4.69) is 36.8 Å². The lowest BCUT2D eigenvalue weighted by molar-refractivity contribution is 0.959. The van der Waals surface area contributed by atoms with Crippen molar-refractivity contribution in [1.29, 1.82) is 5.26 Å². The minimum atomic E-state index is 0.357. The van der Waals surface area contributed by atoms with Gasteiger partial charge in [-0.1, -0.05) is 29.3 Å². The van der Waals surface area contributed by atoms with Gasteiger partial charge in [-0.15, -0.1) is 0 Å². The van der Waals surface area contributed by atoms with Gasteiger partial charge in [-0.25, -0.2) is 15.2 Å². The number of nitrogens with zero attached hydrogens (tertiary/aromatic N) is 4. The number of rotatable bonds is 2. The van der Waals surface area contributed by atoms with Crippen LogP contribution >= 0.6 is 23.2 Å². The van der Waals surface area contributed by atoms with Crippen molar-refractivity contribution in [2.24, 2.45) is 0 Å². The molecule has 0 bridgehead atoms. The third-order valence-corrected chi connectivity index (χ3v) is 4.18. The largest absolute Gasteiger partial charge is 0.323 e. The van der Waals surface area contributed by atoms with Crippen LogP contribution in [-0.4, -0.2) is 25.4 Å². The highest BCUT2D eigenvalue weighted by molar-refractivity contribution is 6.43. The molecule has 3 N–H and O–H groups in total. The zero-order valence-corrected chi connectivity index (χ0v) is 12.9. The summed E-state index contributed by atoms with van der Waals surface area (Å²) in [5.74, 6) is 0.357. The Balaban J connectivity index is 1.86. The van der Waals surface area contributed by atoms with E-state index in [1.54, 1.807) is 24.3 Å². The molecule has 0 atom stereocenters. The fraction of sp³-hybridized carbons (Fsp3) is 0. The Hall–Kier alpha value is -2.82. The SMILES string of the molecule is N#Cc1cc2nc(Nc3cccc(Cl)c3Cl)nc2c2[nH][nH]nc12. The number of aromatic nitrogens is 5. The van der Waals surface area contributed by atoms with Gasteiger partial charge < -0.3 is 5.32 Å². The first-order chi connectivity index (χ1) is 11.2. The average Bonchev–Trinajstić information content (AvgIpc) is 3.16. The number of H-pyrrole nitrogens is 2. The second kappa shape index (κ2) is 5.12. The number of aromatic amines is 2. The van der Waals surface area contributed by atoms with Crippen LogP contribution in [-0.2, 0) is 0 Å². The number of hydrogen-bond acceptors (Lipinski definition) is 5. The zero-order chi connectivity index (χ0) is 16.0. The Labute approximate surface area is 139 Å². The molecule has 4 aromatic rings. The Morgan fingerprint density at radius 1 is 1.17 bits per heavy atom. The maximum Gasteiger partial charge on any atom is 0.228 e. The van der Waals surface area contributed by atoms with Crippen LogP contribution in [0.3, 0.4) is 0 Å². The third kappa shape index (κ3) is 2.16. The van der Waals surface area contributed by atoms with Gasteiger partial charge in [-0.05, 0) is 18.2 Å². The average molecular weight is 344 g/mol. The van der Waals surface area contributed by atoms with Crippen molar-refractivity contribution in [2.75, 3.05) is 5.32 Å². The van der Waals surface area contributed by atoms with Gasteiger partial charge in [0.1, 0.15) is 22.6 Å². The fourth-order valence-corrected chi connectivity index (χ4v) is 2.68. The Bertz CT molecular complexity index is 1090. The number of halogens is 2. The van der Waals surface area contributed by atoms with Crippen molar-refractivity contribution in [3.05, 3.63) is 39.9 Å². The summed E-state index contributed by atoms with van der Waals surface area (Å²) < 4.78 is 0. The van der Waals surface area contributed by atoms with Crippen molar-refractivity contribution >= 4 is 56.9 Å². The normalized spacial score (nSPS) is 11.0. The monoisotopic (exact) mass is 343 g/mol. The van der Waals surface area contributed by atoms with Crippen LogP contribution in [0.2, 0.25) is 10.0 Å². The molecular formula is C14H7Cl2N7. The molecule has 0 aliphatic rings. The van der Waals surface area contributed by atoms with E-state index >= 15 is 0 Å². The summed E-state index contributed by atoms with van der Waals surface area (Å²) in [6, 6.07) is 8.98. The van der Waals surface area contributed by atoms with Gasteiger partial charge in [0.2, 0.25) is 5.95 Å². The van der Waals surface area contributed by atoms with Gasteiger partial charge in [0, 0.05) is 0 Å². The minimum Gasteiger partial charge on any atom is -0.323 e. The maximum absolute atomic E-state index is 9.21. The van der Waals surface area contributed by atoms with E-state index in [4.69, 9.17) is 23.2 Å². The summed E-state index contributed by atoms with van der Waals surface area (Å²) in [6.07, 6.45) is 0. The standard InChI is InChI=1S/C14H7Cl2N7/c15-7-2-1-3-8(10(7)16)18-14-19-9-4-6(5-17)11-13(12(9)20-14)22-23-21-11/h1-4,22-23H,(H,18,20). The zero-order valence-electron chi connectivity index (χ0n) is 11.4. The molecule has 2 aromatic carbocycles. The van der Waals surface area contributed by atoms with Gasteiger partial charge in [0.05, 0.1) is 26.8 Å². The summed E-state index contributed by atoms with van der Waals surface area (Å²) in [5.41, 5.74) is 3.34. The Morgan fingerprint density at radius 2 is 2.04 bits per heavy atom. The third-order valence-electron chi connectivity index (χ3n) is 3.36. The van der Waals surface area contributed by atoms with E-state index in [0.717, 1.165) is 0 Å². The molecule has 2 heterocycles. The molecule has 0 aliphatic carbocycles. The number of anilines is 2. The molecule has 7 nitrogen and oxygen atoms in total. The van der Waals surface area contributed by atoms with Crippen molar-refractivity contribution in [2.45, 2.75) is 0 Å². The number of imidazole rings is 1. The van der Waals surface area contributed by atoms with Crippen LogP contribution in [0.4, 0.5) is 11.6 Å². The van der Waals surface area contributed by atoms with E-state index in [1.807, 2.05) is 0 Å². The first-order valence-electron chi connectivity index (χ1n) is 6.51. The molecule has 0 unspecified atom stereocenters. The molecule has 4 rings (SSSR count). The van der Waals surface area contributed by atoms with Crippen LogP contribution in [0.15, 0.2) is 24.3 Å². The lowest BCUT2D eigenvalue weighted by Crippen LogP contribution is -1.93. The summed E-state index contributed by atoms with van der Waals surface area (Å²) in [6.45, 7) is 0. The van der Waals surface area contributed by atoms with Gasteiger partial charge >= 0.3 is 0 Å².